The van der Waals surface area contributed by atoms with Crippen LogP contribution in [0.4, 0.5) is 0 Å². The van der Waals surface area contributed by atoms with Crippen molar-refractivity contribution in [3.8, 4) is 0 Å². The molecule has 9 atom stereocenters. The van der Waals surface area contributed by atoms with E-state index in [0.29, 0.717) is 167 Å². The van der Waals surface area contributed by atoms with Gasteiger partial charge in [-0.05, 0) is 75.0 Å². The van der Waals surface area contributed by atoms with E-state index in [0.717, 1.165) is 0 Å². The largest absolute Gasteiger partial charge is 0.480 e. The minimum Gasteiger partial charge on any atom is -0.480 e. The summed E-state index contributed by atoms with van der Waals surface area (Å²) in [6.45, 7) is 12.0. The van der Waals surface area contributed by atoms with Crippen molar-refractivity contribution in [3.63, 3.8) is 0 Å². The van der Waals surface area contributed by atoms with Gasteiger partial charge in [0.15, 0.2) is 0 Å². The molecular formula is C75H120N18O18S2. The van der Waals surface area contributed by atoms with Gasteiger partial charge in [-0.2, -0.15) is 23.5 Å². The Labute approximate surface area is 669 Å². The Balaban J connectivity index is 0.985. The Morgan fingerprint density at radius 1 is 0.646 bits per heavy atom. The van der Waals surface area contributed by atoms with E-state index in [1.54, 1.807) is 42.7 Å². The molecule has 3 fully saturated rings. The number of rotatable bonds is 41. The third-order valence-electron chi connectivity index (χ3n) is 19.4. The number of hydrogen-bond donors (Lipinski definition) is 15. The number of amides is 12. The number of carboxylic acids is 1. The van der Waals surface area contributed by atoms with Crippen molar-refractivity contribution in [2.24, 2.45) is 23.1 Å². The summed E-state index contributed by atoms with van der Waals surface area (Å²) in [5.41, 5.74) is 18.7. The van der Waals surface area contributed by atoms with Crippen LogP contribution in [0.1, 0.15) is 114 Å². The number of carboxylic acid groups (broad SMARTS) is 1. The molecule has 630 valence electrons. The summed E-state index contributed by atoms with van der Waals surface area (Å²) >= 11 is 2.46. The lowest BCUT2D eigenvalue weighted by Crippen LogP contribution is -2.61. The number of aliphatic hydroxyl groups is 1. The first-order valence-electron chi connectivity index (χ1n) is 39.3. The number of fused-ring (bicyclic) bond motifs is 4. The molecule has 36 nitrogen and oxygen atoms in total. The van der Waals surface area contributed by atoms with Gasteiger partial charge in [-0.3, -0.25) is 67.4 Å². The van der Waals surface area contributed by atoms with Gasteiger partial charge < -0.3 is 109 Å². The molecule has 1 unspecified atom stereocenters. The molecule has 4 aliphatic rings. The van der Waals surface area contributed by atoms with Crippen LogP contribution >= 0.6 is 23.5 Å². The Morgan fingerprint density at radius 3 is 1.82 bits per heavy atom. The number of aromatic nitrogens is 1. The third-order valence-corrected chi connectivity index (χ3v) is 21.6. The topological polar surface area (TPSA) is 514 Å². The molecule has 18 N–H and O–H groups in total. The fourth-order valence-electron chi connectivity index (χ4n) is 13.2. The summed E-state index contributed by atoms with van der Waals surface area (Å²) in [5, 5.41) is 49.4. The second-order valence-electron chi connectivity index (χ2n) is 28.4. The number of ether oxygens (including phenoxy) is 3. The average molecular weight is 1630 g/mol. The number of nitrogens with one attached hydrogen (secondary N) is 10. The van der Waals surface area contributed by atoms with Crippen LogP contribution in [0.5, 0.6) is 0 Å². The predicted octanol–water partition coefficient (Wildman–Crippen LogP) is -3.68. The van der Waals surface area contributed by atoms with Gasteiger partial charge in [0.1, 0.15) is 48.3 Å². The lowest BCUT2D eigenvalue weighted by atomic mass is 10.0. The van der Waals surface area contributed by atoms with E-state index in [1.807, 2.05) is 22.8 Å². The van der Waals surface area contributed by atoms with E-state index in [-0.39, 0.29) is 105 Å². The average Bonchev–Trinajstić information content (AvgIpc) is 1.67. The molecule has 2 bridgehead atoms. The van der Waals surface area contributed by atoms with Gasteiger partial charge in [0.05, 0.1) is 45.0 Å². The third kappa shape index (κ3) is 34.0. The molecule has 1 aromatic carbocycles. The molecule has 0 aliphatic carbocycles. The molecule has 6 rings (SSSR count). The number of nitrogens with zero attached hydrogens (tertiary/aromatic N) is 5. The molecule has 0 saturated carbocycles. The maximum Gasteiger partial charge on any atom is 0.327 e. The normalized spacial score (nSPS) is 21.3. The van der Waals surface area contributed by atoms with E-state index in [1.165, 1.54) is 40.2 Å². The summed E-state index contributed by atoms with van der Waals surface area (Å²) in [4.78, 5) is 190. The number of aliphatic hydroxyl groups excluding tert-OH is 1. The first kappa shape index (κ1) is 93.7. The number of unbranched alkanes of at least 4 members (excludes halogenated alkanes) is 1. The van der Waals surface area contributed by atoms with Crippen LogP contribution in [0.3, 0.4) is 0 Å². The molecule has 4 aliphatic heterocycles. The van der Waals surface area contributed by atoms with Crippen molar-refractivity contribution in [2.45, 2.75) is 170 Å². The molecule has 12 amide bonds. The number of primary amides is 1. The number of piperazine rings is 1. The lowest BCUT2D eigenvalue weighted by molar-refractivity contribution is -0.148. The zero-order chi connectivity index (χ0) is 81.9. The number of carbonyl (C=O) groups excluding carboxylic acids is 12. The highest BCUT2D eigenvalue weighted by molar-refractivity contribution is 7.98. The van der Waals surface area contributed by atoms with E-state index in [2.05, 4.69) is 58.2 Å². The van der Waals surface area contributed by atoms with Gasteiger partial charge in [-0.15, -0.1) is 0 Å². The molecule has 2 aromatic rings. The number of aliphatic carboxylic acids is 1. The van der Waals surface area contributed by atoms with Gasteiger partial charge in [-0.25, -0.2) is 4.79 Å². The zero-order valence-electron chi connectivity index (χ0n) is 65.2. The van der Waals surface area contributed by atoms with Crippen LogP contribution in [-0.4, -0.2) is 315 Å². The minimum atomic E-state index is -1.74. The highest BCUT2D eigenvalue weighted by Crippen LogP contribution is 2.28. The molecule has 0 spiro atoms. The first-order valence-corrected chi connectivity index (χ1v) is 41.6. The van der Waals surface area contributed by atoms with Crippen molar-refractivity contribution >= 4 is 100 Å². The van der Waals surface area contributed by atoms with Gasteiger partial charge in [0.2, 0.25) is 70.9 Å². The fourth-order valence-corrected chi connectivity index (χ4v) is 15.2. The molecule has 1 aromatic heterocycles. The maximum atomic E-state index is 15.1. The van der Waals surface area contributed by atoms with E-state index in [9.17, 15) is 67.7 Å². The monoisotopic (exact) mass is 1620 g/mol. The standard InChI is InChI=1S/C75H120N18O18S2/c1-3-4-14-55(84-64(97)20-19-63(96)82-23-10-33-109-35-37-111-38-36-110-34-11-24-83-65(98)45-90-29-31-91(32-30-90)72(104)54(43-79-25-21-76)44-80-26-22-77)67(99)87-58-48-112-46-52-39-53(42-81-41-52)47-113-49-59(75(107)108)88-69(101)57(40-51-12-6-5-7-13-51)86-68(100)56(17-18-62(78)95)85-71(103)66(50(2)94)89-70(102)60-15-8-27-92(60)74(106)61-16-9-28-93(61)73(58)105/h5-7,12-13,39,41-42,50,54-61,66,79-80,94H,3-4,8-11,14-38,40,43-49,76-77H2,1-2H3,(H2,78,95)(H,82,96)(H,83,98)(H,84,97)(H,85,103)(H,86,100)(H,87,99)(H,88,101)(H,89,102)(H,107,108)/t50-,55+,56+,57+,58+,59?,60+,61+,66+/m1/s1. The molecule has 113 heavy (non-hydrogen) atoms. The summed E-state index contributed by atoms with van der Waals surface area (Å²) < 4.78 is 16.9. The van der Waals surface area contributed by atoms with Crippen LogP contribution in [-0.2, 0) is 94.5 Å². The van der Waals surface area contributed by atoms with Crippen LogP contribution in [0.25, 0.3) is 0 Å². The number of thioether (sulfide) groups is 2. The van der Waals surface area contributed by atoms with E-state index in [4.69, 9.17) is 31.4 Å². The number of benzene rings is 1. The Bertz CT molecular complexity index is 3360. The number of carbonyl (C=O) groups is 13. The summed E-state index contributed by atoms with van der Waals surface area (Å²) in [6.07, 6.45) is 3.73. The van der Waals surface area contributed by atoms with Crippen molar-refractivity contribution in [3.05, 3.63) is 65.5 Å². The van der Waals surface area contributed by atoms with Gasteiger partial charge in [-0.1, -0.05) is 56.2 Å². The van der Waals surface area contributed by atoms with E-state index >= 15 is 4.79 Å². The first-order chi connectivity index (χ1) is 54.5. The van der Waals surface area contributed by atoms with Crippen molar-refractivity contribution in [1.82, 2.24) is 77.8 Å². The van der Waals surface area contributed by atoms with Crippen molar-refractivity contribution in [2.75, 3.05) is 149 Å². The number of nitrogens with two attached hydrogens (primary N) is 3. The number of pyridine rings is 1. The highest BCUT2D eigenvalue weighted by Gasteiger charge is 2.45. The quantitative estimate of drug-likeness (QED) is 0.0285. The molecular weight excluding hydrogens is 1510 g/mol. The smallest absolute Gasteiger partial charge is 0.327 e. The van der Waals surface area contributed by atoms with Crippen LogP contribution in [0.2, 0.25) is 0 Å². The number of hydrogen-bond acceptors (Lipinski definition) is 25. The van der Waals surface area contributed by atoms with E-state index < -0.39 is 132 Å². The molecule has 38 heteroatoms. The highest BCUT2D eigenvalue weighted by atomic mass is 32.2. The minimum absolute atomic E-state index is 0.0242. The summed E-state index contributed by atoms with van der Waals surface area (Å²) in [6, 6.07) is -0.528. The van der Waals surface area contributed by atoms with Gasteiger partial charge >= 0.3 is 5.97 Å². The summed E-state index contributed by atoms with van der Waals surface area (Å²) in [5.74, 6) is -8.69. The van der Waals surface area contributed by atoms with Crippen molar-refractivity contribution in [1.29, 1.82) is 0 Å². The second-order valence-corrected chi connectivity index (χ2v) is 30.5. The predicted molar refractivity (Wildman–Crippen MR) is 422 cm³/mol. The molecule has 0 radical (unpaired) electrons. The summed E-state index contributed by atoms with van der Waals surface area (Å²) in [7, 11) is 0. The Morgan fingerprint density at radius 2 is 1.22 bits per heavy atom. The fraction of sp³-hybridized carbons (Fsp3) is 0.680. The van der Waals surface area contributed by atoms with Crippen LogP contribution < -0.4 is 70.4 Å². The van der Waals surface area contributed by atoms with Gasteiger partial charge in [0, 0.05) is 166 Å². The molecule has 3 saturated heterocycles. The SMILES string of the molecule is CCCC[C@H](NC(=O)CCC(=O)NCCCOCCOCCOCCCNC(=O)CN1CCN(C(=O)C(CNCCN)CNCCN)CC1)C(=O)N[C@H]1CSCc2cncc(c2)CSCC(C(=O)O)NC(=O)[C@H](Cc2ccccc2)NC(=O)[C@H](CCC(N)=O)NC(=O)[C@H]([C@@H](C)O)NC(=O)[C@@H]2CCCN2C(=O)[C@@H]2CCCN2C1=O. The van der Waals surface area contributed by atoms with Crippen LogP contribution in [0, 0.1) is 5.92 Å². The lowest BCUT2D eigenvalue weighted by Gasteiger charge is -2.36. The second kappa shape index (κ2) is 52.3. The Hall–Kier alpha value is -8.18. The van der Waals surface area contributed by atoms with Gasteiger partial charge in [0.25, 0.3) is 0 Å². The Kier molecular flexibility index (Phi) is 43.4. The zero-order valence-corrected chi connectivity index (χ0v) is 66.8. The molecule has 5 heterocycles. The van der Waals surface area contributed by atoms with Crippen molar-refractivity contribution < 1.29 is 86.8 Å². The van der Waals surface area contributed by atoms with Crippen LogP contribution in [0.15, 0.2) is 48.8 Å². The maximum absolute atomic E-state index is 15.1.